The number of nitrogens with one attached hydrogen (secondary N) is 1. The molecule has 1 amide bonds. The number of nitrogens with zero attached hydrogens (tertiary/aromatic N) is 3. The summed E-state index contributed by atoms with van der Waals surface area (Å²) in [7, 11) is 1.62. The fourth-order valence-corrected chi connectivity index (χ4v) is 3.44. The molecule has 0 atom stereocenters. The first-order valence-electron chi connectivity index (χ1n) is 9.90. The second kappa shape index (κ2) is 8.75. The van der Waals surface area contributed by atoms with Crippen LogP contribution in [0.4, 0.5) is 0 Å². The summed E-state index contributed by atoms with van der Waals surface area (Å²) in [6.07, 6.45) is 2.22. The van der Waals surface area contributed by atoms with E-state index < -0.39 is 0 Å². The lowest BCUT2D eigenvalue weighted by molar-refractivity contribution is -0.120. The number of carbonyl (C=O) groups excluding carboxylic acids is 1. The fraction of sp³-hybridized carbons (Fsp3) is 0.318. The van der Waals surface area contributed by atoms with Crippen molar-refractivity contribution in [3.8, 4) is 17.1 Å². The summed E-state index contributed by atoms with van der Waals surface area (Å²) in [5.41, 5.74) is 1.61. The van der Waals surface area contributed by atoms with Gasteiger partial charge < -0.3 is 10.1 Å². The average molecular weight is 427 g/mol. The summed E-state index contributed by atoms with van der Waals surface area (Å²) < 4.78 is 8.40. The number of rotatable bonds is 8. The molecule has 0 radical (unpaired) electrons. The lowest BCUT2D eigenvalue weighted by atomic mass is 10.1. The normalized spacial score (nSPS) is 13.3. The molecule has 1 saturated carbocycles. The Morgan fingerprint density at radius 1 is 1.17 bits per heavy atom. The van der Waals surface area contributed by atoms with E-state index in [4.69, 9.17) is 16.3 Å². The average Bonchev–Trinajstić information content (AvgIpc) is 3.54. The van der Waals surface area contributed by atoms with Gasteiger partial charge >= 0.3 is 5.69 Å². The molecule has 4 rings (SSSR count). The zero-order chi connectivity index (χ0) is 21.1. The van der Waals surface area contributed by atoms with Gasteiger partial charge in [0.1, 0.15) is 5.75 Å². The van der Waals surface area contributed by atoms with E-state index in [9.17, 15) is 9.59 Å². The number of ether oxygens (including phenoxy) is 1. The molecule has 0 unspecified atom stereocenters. The van der Waals surface area contributed by atoms with Gasteiger partial charge in [0.15, 0.2) is 5.82 Å². The largest absolute Gasteiger partial charge is 0.497 e. The van der Waals surface area contributed by atoms with Crippen LogP contribution < -0.4 is 15.7 Å². The van der Waals surface area contributed by atoms with Crippen molar-refractivity contribution in [2.75, 3.05) is 13.7 Å². The molecule has 8 heteroatoms. The molecule has 1 fully saturated rings. The van der Waals surface area contributed by atoms with Crippen LogP contribution in [0.25, 0.3) is 11.4 Å². The van der Waals surface area contributed by atoms with Crippen molar-refractivity contribution < 1.29 is 9.53 Å². The van der Waals surface area contributed by atoms with Crippen LogP contribution in [0.3, 0.4) is 0 Å². The summed E-state index contributed by atoms with van der Waals surface area (Å²) in [6.45, 7) is 0.643. The number of carbonyl (C=O) groups is 1. The third-order valence-corrected chi connectivity index (χ3v) is 5.31. The molecule has 2 aromatic carbocycles. The molecule has 0 bridgehead atoms. The molecule has 156 valence electrons. The molecule has 3 aromatic rings. The number of methoxy groups -OCH3 is 1. The minimum Gasteiger partial charge on any atom is -0.497 e. The second-order valence-electron chi connectivity index (χ2n) is 7.31. The Balaban J connectivity index is 1.43. The van der Waals surface area contributed by atoms with E-state index in [1.807, 2.05) is 36.4 Å². The summed E-state index contributed by atoms with van der Waals surface area (Å²) in [5, 5.41) is 8.04. The smallest absolute Gasteiger partial charge is 0.346 e. The predicted octanol–water partition coefficient (Wildman–Crippen LogP) is 3.07. The first kappa shape index (κ1) is 20.2. The van der Waals surface area contributed by atoms with E-state index >= 15 is 0 Å². The highest BCUT2D eigenvalue weighted by molar-refractivity contribution is 6.30. The summed E-state index contributed by atoms with van der Waals surface area (Å²) >= 11 is 5.87. The highest BCUT2D eigenvalue weighted by Gasteiger charge is 2.30. The maximum absolute atomic E-state index is 12.9. The van der Waals surface area contributed by atoms with Crippen LogP contribution in [-0.4, -0.2) is 33.9 Å². The zero-order valence-corrected chi connectivity index (χ0v) is 17.4. The number of aromatic nitrogens is 3. The predicted molar refractivity (Wildman–Crippen MR) is 115 cm³/mol. The zero-order valence-electron chi connectivity index (χ0n) is 16.7. The maximum Gasteiger partial charge on any atom is 0.346 e. The lowest BCUT2D eigenvalue weighted by Gasteiger charge is -2.05. The lowest BCUT2D eigenvalue weighted by Crippen LogP contribution is -2.32. The van der Waals surface area contributed by atoms with Gasteiger partial charge in [-0.15, -0.1) is 5.10 Å². The number of benzene rings is 2. The van der Waals surface area contributed by atoms with E-state index in [0.29, 0.717) is 23.9 Å². The third-order valence-electron chi connectivity index (χ3n) is 5.05. The van der Waals surface area contributed by atoms with E-state index in [1.165, 1.54) is 4.68 Å². The molecule has 0 spiro atoms. The van der Waals surface area contributed by atoms with E-state index in [2.05, 4.69) is 10.4 Å². The molecule has 1 heterocycles. The second-order valence-corrected chi connectivity index (χ2v) is 7.75. The minimum absolute atomic E-state index is 0.109. The molecule has 0 aliphatic heterocycles. The Morgan fingerprint density at radius 3 is 2.50 bits per heavy atom. The highest BCUT2D eigenvalue weighted by Crippen LogP contribution is 2.36. The van der Waals surface area contributed by atoms with Gasteiger partial charge in [-0.05, 0) is 54.8 Å². The van der Waals surface area contributed by atoms with Crippen LogP contribution in [0.1, 0.15) is 24.4 Å². The summed E-state index contributed by atoms with van der Waals surface area (Å²) in [5.74, 6) is 1.29. The summed E-state index contributed by atoms with van der Waals surface area (Å²) in [4.78, 5) is 25.1. The van der Waals surface area contributed by atoms with Crippen molar-refractivity contribution in [3.63, 3.8) is 0 Å². The van der Waals surface area contributed by atoms with Crippen molar-refractivity contribution in [1.82, 2.24) is 19.7 Å². The Hall–Kier alpha value is -3.06. The maximum atomic E-state index is 12.9. The van der Waals surface area contributed by atoms with Gasteiger partial charge in [0.2, 0.25) is 5.91 Å². The Labute approximate surface area is 179 Å². The number of hydrogen-bond donors (Lipinski definition) is 1. The fourth-order valence-electron chi connectivity index (χ4n) is 3.32. The van der Waals surface area contributed by atoms with Crippen molar-refractivity contribution in [2.45, 2.75) is 31.8 Å². The number of hydrogen-bond acceptors (Lipinski definition) is 4. The molecule has 1 aromatic heterocycles. The first-order chi connectivity index (χ1) is 14.5. The van der Waals surface area contributed by atoms with Gasteiger partial charge in [-0.2, -0.15) is 0 Å². The van der Waals surface area contributed by atoms with Crippen molar-refractivity contribution in [2.24, 2.45) is 0 Å². The van der Waals surface area contributed by atoms with Gasteiger partial charge in [0, 0.05) is 23.2 Å². The van der Waals surface area contributed by atoms with Gasteiger partial charge in [0.05, 0.1) is 20.1 Å². The standard InChI is InChI=1S/C22H23ClN4O3/c1-30-19-10-4-16(5-11-19)21-25-26(22(29)27(21)18-8-9-18)13-12-24-20(28)14-15-2-6-17(23)7-3-15/h2-7,10-11,18H,8-9,12-14H2,1H3,(H,24,28). The van der Waals surface area contributed by atoms with E-state index in [1.54, 1.807) is 23.8 Å². The number of amides is 1. The van der Waals surface area contributed by atoms with E-state index in [0.717, 1.165) is 29.7 Å². The Bertz CT molecular complexity index is 1080. The molecule has 30 heavy (non-hydrogen) atoms. The van der Waals surface area contributed by atoms with Gasteiger partial charge in [-0.25, -0.2) is 9.48 Å². The Morgan fingerprint density at radius 2 is 1.87 bits per heavy atom. The minimum atomic E-state index is -0.143. The van der Waals surface area contributed by atoms with Crippen molar-refractivity contribution >= 4 is 17.5 Å². The molecular formula is C22H23ClN4O3. The van der Waals surface area contributed by atoms with E-state index in [-0.39, 0.29) is 24.1 Å². The van der Waals surface area contributed by atoms with Crippen LogP contribution in [0, 0.1) is 0 Å². The monoisotopic (exact) mass is 426 g/mol. The SMILES string of the molecule is COc1ccc(-c2nn(CCNC(=O)Cc3ccc(Cl)cc3)c(=O)n2C2CC2)cc1. The van der Waals surface area contributed by atoms with Crippen molar-refractivity contribution in [3.05, 3.63) is 69.6 Å². The molecule has 1 N–H and O–H groups in total. The van der Waals surface area contributed by atoms with Crippen LogP contribution in [0.15, 0.2) is 53.3 Å². The van der Waals surface area contributed by atoms with Gasteiger partial charge in [-0.3, -0.25) is 9.36 Å². The molecule has 0 saturated heterocycles. The first-order valence-corrected chi connectivity index (χ1v) is 10.3. The molecule has 7 nitrogen and oxygen atoms in total. The van der Waals surface area contributed by atoms with Crippen LogP contribution >= 0.6 is 11.6 Å². The quantitative estimate of drug-likeness (QED) is 0.600. The van der Waals surface area contributed by atoms with Crippen molar-refractivity contribution in [1.29, 1.82) is 0 Å². The van der Waals surface area contributed by atoms with Crippen LogP contribution in [-0.2, 0) is 17.8 Å². The highest BCUT2D eigenvalue weighted by atomic mass is 35.5. The molecule has 1 aliphatic carbocycles. The molecular weight excluding hydrogens is 404 g/mol. The third kappa shape index (κ3) is 4.57. The van der Waals surface area contributed by atoms with Crippen LogP contribution in [0.5, 0.6) is 5.75 Å². The van der Waals surface area contributed by atoms with Gasteiger partial charge in [0.25, 0.3) is 0 Å². The molecule has 1 aliphatic rings. The topological polar surface area (TPSA) is 78.2 Å². The van der Waals surface area contributed by atoms with Crippen LogP contribution in [0.2, 0.25) is 5.02 Å². The summed E-state index contributed by atoms with van der Waals surface area (Å²) in [6, 6.07) is 14.9. The Kier molecular flexibility index (Phi) is 5.90. The number of halogens is 1. The van der Waals surface area contributed by atoms with Gasteiger partial charge in [-0.1, -0.05) is 23.7 Å².